The van der Waals surface area contributed by atoms with Crippen molar-refractivity contribution in [1.29, 1.82) is 0 Å². The third kappa shape index (κ3) is 3.44. The third-order valence-corrected chi connectivity index (χ3v) is 3.72. The van der Waals surface area contributed by atoms with Gasteiger partial charge in [-0.1, -0.05) is 6.92 Å². The monoisotopic (exact) mass is 266 g/mol. The van der Waals surface area contributed by atoms with Crippen LogP contribution in [0.15, 0.2) is 18.2 Å². The Bertz CT molecular complexity index is 465. The van der Waals surface area contributed by atoms with E-state index in [1.807, 2.05) is 0 Å². The number of benzene rings is 1. The predicted molar refractivity (Wildman–Crippen MR) is 70.5 cm³/mol. The largest absolute Gasteiger partial charge is 0.507 e. The minimum Gasteiger partial charge on any atom is -0.507 e. The molecule has 19 heavy (non-hydrogen) atoms. The van der Waals surface area contributed by atoms with Gasteiger partial charge in [0.25, 0.3) is 5.91 Å². The summed E-state index contributed by atoms with van der Waals surface area (Å²) in [5.74, 6) is -0.301. The summed E-state index contributed by atoms with van der Waals surface area (Å²) >= 11 is 0. The van der Waals surface area contributed by atoms with Crippen LogP contribution >= 0.6 is 0 Å². The second-order valence-electron chi connectivity index (χ2n) is 5.10. The van der Waals surface area contributed by atoms with Crippen LogP contribution in [0, 0.1) is 17.7 Å². The van der Waals surface area contributed by atoms with Gasteiger partial charge in [0.1, 0.15) is 11.6 Å². The van der Waals surface area contributed by atoms with Crippen molar-refractivity contribution >= 4 is 5.91 Å². The Morgan fingerprint density at radius 2 is 2.37 bits per heavy atom. The van der Waals surface area contributed by atoms with Crippen molar-refractivity contribution in [3.63, 3.8) is 0 Å². The highest BCUT2D eigenvalue weighted by molar-refractivity contribution is 5.96. The molecule has 1 saturated heterocycles. The number of phenols is 1. The van der Waals surface area contributed by atoms with Crippen LogP contribution < -0.4 is 10.6 Å². The maximum absolute atomic E-state index is 12.8. The fourth-order valence-corrected chi connectivity index (χ4v) is 2.34. The summed E-state index contributed by atoms with van der Waals surface area (Å²) in [4.78, 5) is 11.9. The molecule has 0 radical (unpaired) electrons. The van der Waals surface area contributed by atoms with Crippen molar-refractivity contribution in [3.05, 3.63) is 29.6 Å². The summed E-state index contributed by atoms with van der Waals surface area (Å²) in [5.41, 5.74) is 0.109. The highest BCUT2D eigenvalue weighted by atomic mass is 19.1. The minimum atomic E-state index is -0.556. The molecule has 2 rings (SSSR count). The molecule has 4 nitrogen and oxygen atoms in total. The molecular formula is C14H19FN2O2. The zero-order valence-corrected chi connectivity index (χ0v) is 10.9. The number of carbonyl (C=O) groups excluding carboxylic acids is 1. The normalized spacial score (nSPS) is 23.1. The quantitative estimate of drug-likeness (QED) is 0.777. The van der Waals surface area contributed by atoms with Crippen LogP contribution in [0.5, 0.6) is 5.75 Å². The van der Waals surface area contributed by atoms with Gasteiger partial charge in [-0.25, -0.2) is 4.39 Å². The van der Waals surface area contributed by atoms with Crippen molar-refractivity contribution in [3.8, 4) is 5.75 Å². The molecule has 3 N–H and O–H groups in total. The minimum absolute atomic E-state index is 0.109. The lowest BCUT2D eigenvalue weighted by Crippen LogP contribution is -2.42. The molecule has 2 atom stereocenters. The molecule has 1 heterocycles. The summed E-state index contributed by atoms with van der Waals surface area (Å²) in [5, 5.41) is 15.6. The molecule has 1 amide bonds. The molecule has 0 aromatic heterocycles. The number of hydrogen-bond acceptors (Lipinski definition) is 3. The van der Waals surface area contributed by atoms with Crippen molar-refractivity contribution in [1.82, 2.24) is 10.6 Å². The molecule has 0 aliphatic carbocycles. The summed E-state index contributed by atoms with van der Waals surface area (Å²) in [6.45, 7) is 4.64. The summed E-state index contributed by atoms with van der Waals surface area (Å²) in [6.07, 6.45) is 1.10. The van der Waals surface area contributed by atoms with Crippen molar-refractivity contribution in [2.24, 2.45) is 11.8 Å². The number of amides is 1. The second kappa shape index (κ2) is 6.02. The number of rotatable bonds is 3. The van der Waals surface area contributed by atoms with Gasteiger partial charge in [-0.15, -0.1) is 0 Å². The van der Waals surface area contributed by atoms with Gasteiger partial charge < -0.3 is 15.7 Å². The maximum Gasteiger partial charge on any atom is 0.255 e. The fraction of sp³-hybridized carbons (Fsp3) is 0.500. The van der Waals surface area contributed by atoms with Gasteiger partial charge in [-0.05, 0) is 43.5 Å². The Balaban J connectivity index is 1.93. The van der Waals surface area contributed by atoms with E-state index < -0.39 is 5.82 Å². The molecule has 1 aliphatic rings. The van der Waals surface area contributed by atoms with Gasteiger partial charge in [-0.2, -0.15) is 0 Å². The molecule has 104 valence electrons. The molecule has 1 aromatic rings. The van der Waals surface area contributed by atoms with E-state index in [9.17, 15) is 14.3 Å². The molecule has 1 fully saturated rings. The molecular weight excluding hydrogens is 247 g/mol. The van der Waals surface area contributed by atoms with E-state index in [2.05, 4.69) is 17.6 Å². The van der Waals surface area contributed by atoms with E-state index in [1.54, 1.807) is 0 Å². The summed E-state index contributed by atoms with van der Waals surface area (Å²) < 4.78 is 12.8. The SMILES string of the molecule is CC1CCNCC1CNC(=O)c1ccc(F)cc1O. The lowest BCUT2D eigenvalue weighted by atomic mass is 9.88. The van der Waals surface area contributed by atoms with Gasteiger partial charge in [0.2, 0.25) is 0 Å². The first kappa shape index (κ1) is 13.8. The lowest BCUT2D eigenvalue weighted by Gasteiger charge is -2.29. The molecule has 1 aliphatic heterocycles. The van der Waals surface area contributed by atoms with Crippen LogP contribution in [0.4, 0.5) is 4.39 Å². The number of carbonyl (C=O) groups is 1. The highest BCUT2D eigenvalue weighted by Crippen LogP contribution is 2.20. The Kier molecular flexibility index (Phi) is 4.37. The Morgan fingerprint density at radius 1 is 1.58 bits per heavy atom. The fourth-order valence-electron chi connectivity index (χ4n) is 2.34. The molecule has 0 bridgehead atoms. The number of piperidine rings is 1. The topological polar surface area (TPSA) is 61.4 Å². The average Bonchev–Trinajstić information content (AvgIpc) is 2.37. The Morgan fingerprint density at radius 3 is 3.05 bits per heavy atom. The Hall–Kier alpha value is -1.62. The zero-order chi connectivity index (χ0) is 13.8. The van der Waals surface area contributed by atoms with Crippen molar-refractivity contribution in [2.45, 2.75) is 13.3 Å². The van der Waals surface area contributed by atoms with Gasteiger partial charge >= 0.3 is 0 Å². The number of halogens is 1. The number of nitrogens with one attached hydrogen (secondary N) is 2. The number of hydrogen-bond donors (Lipinski definition) is 3. The second-order valence-corrected chi connectivity index (χ2v) is 5.10. The van der Waals surface area contributed by atoms with Crippen LogP contribution in [-0.2, 0) is 0 Å². The first-order valence-electron chi connectivity index (χ1n) is 6.55. The van der Waals surface area contributed by atoms with E-state index in [4.69, 9.17) is 0 Å². The van der Waals surface area contributed by atoms with E-state index in [-0.39, 0.29) is 17.2 Å². The van der Waals surface area contributed by atoms with Crippen molar-refractivity contribution < 1.29 is 14.3 Å². The zero-order valence-electron chi connectivity index (χ0n) is 10.9. The van der Waals surface area contributed by atoms with E-state index in [0.29, 0.717) is 18.4 Å². The van der Waals surface area contributed by atoms with Crippen molar-refractivity contribution in [2.75, 3.05) is 19.6 Å². The molecule has 0 spiro atoms. The number of phenolic OH excluding ortho intramolecular Hbond substituents is 1. The van der Waals surface area contributed by atoms with Gasteiger partial charge in [0, 0.05) is 12.6 Å². The average molecular weight is 266 g/mol. The van der Waals surface area contributed by atoms with Crippen LogP contribution in [0.3, 0.4) is 0 Å². The van der Waals surface area contributed by atoms with Gasteiger partial charge in [0.05, 0.1) is 5.56 Å². The van der Waals surface area contributed by atoms with E-state index in [0.717, 1.165) is 25.6 Å². The van der Waals surface area contributed by atoms with Gasteiger partial charge in [0.15, 0.2) is 0 Å². The summed E-state index contributed by atoms with van der Waals surface area (Å²) in [7, 11) is 0. The van der Waals surface area contributed by atoms with Gasteiger partial charge in [-0.3, -0.25) is 4.79 Å². The highest BCUT2D eigenvalue weighted by Gasteiger charge is 2.22. The van der Waals surface area contributed by atoms with Crippen LogP contribution in [0.25, 0.3) is 0 Å². The smallest absolute Gasteiger partial charge is 0.255 e. The predicted octanol–water partition coefficient (Wildman–Crippen LogP) is 1.51. The first-order chi connectivity index (χ1) is 9.08. The van der Waals surface area contributed by atoms with E-state index in [1.165, 1.54) is 12.1 Å². The summed E-state index contributed by atoms with van der Waals surface area (Å²) in [6, 6.07) is 3.40. The van der Waals surface area contributed by atoms with E-state index >= 15 is 0 Å². The lowest BCUT2D eigenvalue weighted by molar-refractivity contribution is 0.0936. The third-order valence-electron chi connectivity index (χ3n) is 3.72. The Labute approximate surface area is 112 Å². The first-order valence-corrected chi connectivity index (χ1v) is 6.55. The molecule has 0 saturated carbocycles. The van der Waals surface area contributed by atoms with Crippen LogP contribution in [0.2, 0.25) is 0 Å². The molecule has 2 unspecified atom stereocenters. The number of aromatic hydroxyl groups is 1. The van der Waals surface area contributed by atoms with Crippen LogP contribution in [-0.4, -0.2) is 30.6 Å². The van der Waals surface area contributed by atoms with Crippen LogP contribution in [0.1, 0.15) is 23.7 Å². The molecule has 1 aromatic carbocycles. The standard InChI is InChI=1S/C14H19FN2O2/c1-9-4-5-16-7-10(9)8-17-14(19)12-3-2-11(15)6-13(12)18/h2-3,6,9-10,16,18H,4-5,7-8H2,1H3,(H,17,19). The molecule has 5 heteroatoms. The maximum atomic E-state index is 12.8.